The van der Waals surface area contributed by atoms with Gasteiger partial charge in [-0.05, 0) is 76.7 Å². The first-order chi connectivity index (χ1) is 19.3. The minimum Gasteiger partial charge on any atom is -0.314 e. The molecule has 1 unspecified atom stereocenters. The number of nitrogens with zero attached hydrogens (tertiary/aromatic N) is 1. The van der Waals surface area contributed by atoms with Crippen LogP contribution in [-0.2, 0) is 5.41 Å². The normalized spacial score (nSPS) is 17.0. The summed E-state index contributed by atoms with van der Waals surface area (Å²) in [7, 11) is 0. The van der Waals surface area contributed by atoms with E-state index in [1.54, 1.807) is 0 Å². The second-order valence-corrected chi connectivity index (χ2v) is 11.2. The van der Waals surface area contributed by atoms with Crippen molar-refractivity contribution in [2.75, 3.05) is 4.90 Å². The lowest BCUT2D eigenvalue weighted by molar-refractivity contribution is 0.473. The number of halogens is 1. The fourth-order valence-corrected chi connectivity index (χ4v) is 6.98. The molecule has 188 valence electrons. The molecule has 0 amide bonds. The second-order valence-electron chi connectivity index (χ2n) is 10.3. The molecular formula is C37H28BrN. The lowest BCUT2D eigenvalue weighted by Gasteiger charge is -2.41. The Balaban J connectivity index is 1.46. The Kier molecular flexibility index (Phi) is 6.06. The summed E-state index contributed by atoms with van der Waals surface area (Å²) < 4.78 is 1.08. The van der Waals surface area contributed by atoms with Gasteiger partial charge in [-0.1, -0.05) is 125 Å². The van der Waals surface area contributed by atoms with Gasteiger partial charge in [0.05, 0.1) is 5.41 Å². The van der Waals surface area contributed by atoms with Crippen LogP contribution in [0.2, 0.25) is 0 Å². The minimum atomic E-state index is -0.285. The highest BCUT2D eigenvalue weighted by atomic mass is 79.9. The summed E-state index contributed by atoms with van der Waals surface area (Å²) in [6, 6.07) is 50.6. The van der Waals surface area contributed by atoms with E-state index >= 15 is 0 Å². The Morgan fingerprint density at radius 1 is 0.564 bits per heavy atom. The first-order valence-corrected chi connectivity index (χ1v) is 14.3. The number of hydrogen-bond donors (Lipinski definition) is 0. The molecule has 39 heavy (non-hydrogen) atoms. The van der Waals surface area contributed by atoms with Crippen LogP contribution in [0.25, 0.3) is 5.57 Å². The molecule has 0 saturated carbocycles. The van der Waals surface area contributed by atoms with E-state index in [9.17, 15) is 0 Å². The molecule has 5 aromatic rings. The average molecular weight is 567 g/mol. The monoisotopic (exact) mass is 565 g/mol. The lowest BCUT2D eigenvalue weighted by atomic mass is 9.62. The van der Waals surface area contributed by atoms with Crippen molar-refractivity contribution in [3.63, 3.8) is 0 Å². The van der Waals surface area contributed by atoms with Crippen LogP contribution in [0.15, 0.2) is 162 Å². The maximum absolute atomic E-state index is 3.62. The van der Waals surface area contributed by atoms with Gasteiger partial charge in [-0.2, -0.15) is 0 Å². The Labute approximate surface area is 238 Å². The quantitative estimate of drug-likeness (QED) is 0.205. The summed E-state index contributed by atoms with van der Waals surface area (Å²) in [4.78, 5) is 2.42. The van der Waals surface area contributed by atoms with E-state index in [0.29, 0.717) is 0 Å². The van der Waals surface area contributed by atoms with Gasteiger partial charge in [0, 0.05) is 27.5 Å². The fourth-order valence-electron chi connectivity index (χ4n) is 6.72. The van der Waals surface area contributed by atoms with Crippen molar-refractivity contribution in [1.82, 2.24) is 0 Å². The third-order valence-electron chi connectivity index (χ3n) is 8.27. The van der Waals surface area contributed by atoms with Gasteiger partial charge in [-0.15, -0.1) is 0 Å². The highest BCUT2D eigenvalue weighted by molar-refractivity contribution is 9.10. The molecule has 0 fully saturated rings. The summed E-state index contributed by atoms with van der Waals surface area (Å²) in [5.74, 6) is 0.251. The fraction of sp³-hybridized carbons (Fsp3) is 0.0811. The summed E-state index contributed by atoms with van der Waals surface area (Å²) in [5, 5.41) is 0. The first kappa shape index (κ1) is 23.9. The first-order valence-electron chi connectivity index (χ1n) is 13.5. The van der Waals surface area contributed by atoms with Gasteiger partial charge in [-0.25, -0.2) is 0 Å². The molecule has 0 aromatic heterocycles. The molecule has 1 atom stereocenters. The van der Waals surface area contributed by atoms with Crippen LogP contribution in [-0.4, -0.2) is 0 Å². The number of hydrogen-bond acceptors (Lipinski definition) is 1. The molecule has 7 rings (SSSR count). The van der Waals surface area contributed by atoms with E-state index in [2.05, 4.69) is 173 Å². The van der Waals surface area contributed by atoms with E-state index in [0.717, 1.165) is 16.6 Å². The molecule has 2 heteroatoms. The SMILES string of the molecule is Brc1ccc(N(C2=CC=C3c4ccccc4C(c4ccccc4)(c4ccccc4)C3C2)c2ccccc2)cc1. The van der Waals surface area contributed by atoms with Gasteiger partial charge in [0.1, 0.15) is 0 Å². The molecule has 0 bridgehead atoms. The zero-order valence-corrected chi connectivity index (χ0v) is 23.1. The number of rotatable bonds is 5. The number of benzene rings is 5. The van der Waals surface area contributed by atoms with Gasteiger partial charge in [-0.3, -0.25) is 0 Å². The van der Waals surface area contributed by atoms with Crippen molar-refractivity contribution in [3.8, 4) is 0 Å². The summed E-state index contributed by atoms with van der Waals surface area (Å²) in [6.07, 6.45) is 5.63. The number of para-hydroxylation sites is 1. The smallest absolute Gasteiger partial charge is 0.0529 e. The third-order valence-corrected chi connectivity index (χ3v) is 8.80. The molecule has 0 spiro atoms. The van der Waals surface area contributed by atoms with Crippen molar-refractivity contribution in [2.24, 2.45) is 5.92 Å². The van der Waals surface area contributed by atoms with Gasteiger partial charge in [0.2, 0.25) is 0 Å². The zero-order valence-electron chi connectivity index (χ0n) is 21.5. The van der Waals surface area contributed by atoms with Gasteiger partial charge < -0.3 is 4.90 Å². The van der Waals surface area contributed by atoms with Crippen LogP contribution in [0.4, 0.5) is 11.4 Å². The summed E-state index contributed by atoms with van der Waals surface area (Å²) in [6.45, 7) is 0. The summed E-state index contributed by atoms with van der Waals surface area (Å²) in [5.41, 5.74) is 10.2. The molecule has 2 aliphatic carbocycles. The van der Waals surface area contributed by atoms with Crippen LogP contribution in [0.1, 0.15) is 28.7 Å². The van der Waals surface area contributed by atoms with Crippen LogP contribution in [0, 0.1) is 5.92 Å². The van der Waals surface area contributed by atoms with E-state index in [4.69, 9.17) is 0 Å². The van der Waals surface area contributed by atoms with Crippen molar-refractivity contribution in [1.29, 1.82) is 0 Å². The maximum atomic E-state index is 3.62. The molecule has 5 aromatic carbocycles. The Morgan fingerprint density at radius 3 is 1.74 bits per heavy atom. The van der Waals surface area contributed by atoms with Crippen molar-refractivity contribution < 1.29 is 0 Å². The Morgan fingerprint density at radius 2 is 1.10 bits per heavy atom. The van der Waals surface area contributed by atoms with Crippen LogP contribution in [0.3, 0.4) is 0 Å². The van der Waals surface area contributed by atoms with Crippen LogP contribution >= 0.6 is 15.9 Å². The molecule has 0 heterocycles. The standard InChI is InChI=1S/C37H28BrN/c38-29-20-22-31(23-21-29)39(30-16-8-3-9-17-30)32-24-25-34-33-18-10-11-19-35(33)37(36(34)26-32,27-12-4-1-5-13-27)28-14-6-2-7-15-28/h1-25,36H,26H2. The van der Waals surface area contributed by atoms with Crippen LogP contribution < -0.4 is 4.90 Å². The lowest BCUT2D eigenvalue weighted by Crippen LogP contribution is -2.36. The summed E-state index contributed by atoms with van der Waals surface area (Å²) >= 11 is 3.62. The molecule has 0 radical (unpaired) electrons. The molecule has 1 nitrogen and oxygen atoms in total. The topological polar surface area (TPSA) is 3.24 Å². The van der Waals surface area contributed by atoms with Crippen molar-refractivity contribution >= 4 is 32.9 Å². The predicted molar refractivity (Wildman–Crippen MR) is 166 cm³/mol. The molecule has 2 aliphatic rings. The van der Waals surface area contributed by atoms with Crippen LogP contribution in [0.5, 0.6) is 0 Å². The van der Waals surface area contributed by atoms with Gasteiger partial charge in [0.25, 0.3) is 0 Å². The Hall–Kier alpha value is -4.14. The Bertz CT molecular complexity index is 1630. The number of fused-ring (bicyclic) bond motifs is 3. The highest BCUT2D eigenvalue weighted by Gasteiger charge is 2.52. The second kappa shape index (κ2) is 9.87. The molecule has 0 aliphatic heterocycles. The number of anilines is 2. The molecule has 0 saturated heterocycles. The van der Waals surface area contributed by atoms with Gasteiger partial charge >= 0.3 is 0 Å². The zero-order chi connectivity index (χ0) is 26.2. The number of allylic oxidation sites excluding steroid dienone is 4. The van der Waals surface area contributed by atoms with E-state index in [-0.39, 0.29) is 11.3 Å². The van der Waals surface area contributed by atoms with Crippen molar-refractivity contribution in [2.45, 2.75) is 11.8 Å². The van der Waals surface area contributed by atoms with Crippen molar-refractivity contribution in [3.05, 3.63) is 184 Å². The van der Waals surface area contributed by atoms with Gasteiger partial charge in [0.15, 0.2) is 0 Å². The van der Waals surface area contributed by atoms with E-state index < -0.39 is 0 Å². The van der Waals surface area contributed by atoms with E-state index in [1.807, 2.05) is 0 Å². The third kappa shape index (κ3) is 3.90. The highest BCUT2D eigenvalue weighted by Crippen LogP contribution is 2.60. The average Bonchev–Trinajstić information content (AvgIpc) is 3.30. The maximum Gasteiger partial charge on any atom is 0.0529 e. The van der Waals surface area contributed by atoms with E-state index in [1.165, 1.54) is 39.2 Å². The minimum absolute atomic E-state index is 0.251. The predicted octanol–water partition coefficient (Wildman–Crippen LogP) is 9.92. The largest absolute Gasteiger partial charge is 0.314 e. The molecule has 0 N–H and O–H groups in total. The molecular weight excluding hydrogens is 538 g/mol.